The number of rotatable bonds is 5. The number of aromatic nitrogens is 1. The van der Waals surface area contributed by atoms with Gasteiger partial charge in [0.2, 0.25) is 0 Å². The first-order valence-corrected chi connectivity index (χ1v) is 6.14. The SMILES string of the molecule is C=C(NNC(=O)c1cccnc1)c1ccc(OC)cc1O. The van der Waals surface area contributed by atoms with Crippen LogP contribution in [0, 0.1) is 0 Å². The van der Waals surface area contributed by atoms with Crippen molar-refractivity contribution in [3.8, 4) is 11.5 Å². The largest absolute Gasteiger partial charge is 0.507 e. The molecule has 6 nitrogen and oxygen atoms in total. The third-order valence-corrected chi connectivity index (χ3v) is 2.78. The Labute approximate surface area is 122 Å². The van der Waals surface area contributed by atoms with E-state index >= 15 is 0 Å². The zero-order valence-corrected chi connectivity index (χ0v) is 11.5. The van der Waals surface area contributed by atoms with Crippen molar-refractivity contribution >= 4 is 11.6 Å². The fourth-order valence-corrected chi connectivity index (χ4v) is 1.66. The van der Waals surface area contributed by atoms with Gasteiger partial charge in [-0.2, -0.15) is 0 Å². The molecule has 108 valence electrons. The standard InChI is InChI=1S/C15H15N3O3/c1-10(13-6-5-12(21-2)8-14(13)19)17-18-15(20)11-4-3-7-16-9-11/h3-9,17,19H,1H2,2H3,(H,18,20). The number of nitrogens with one attached hydrogen (secondary N) is 2. The lowest BCUT2D eigenvalue weighted by molar-refractivity contribution is 0.0942. The molecule has 0 saturated carbocycles. The van der Waals surface area contributed by atoms with Crippen molar-refractivity contribution < 1.29 is 14.6 Å². The summed E-state index contributed by atoms with van der Waals surface area (Å²) in [7, 11) is 1.51. The Bertz CT molecular complexity index is 656. The number of ether oxygens (including phenoxy) is 1. The van der Waals surface area contributed by atoms with E-state index in [1.54, 1.807) is 30.5 Å². The molecule has 0 saturated heterocycles. The van der Waals surface area contributed by atoms with Gasteiger partial charge in [-0.1, -0.05) is 6.58 Å². The highest BCUT2D eigenvalue weighted by Crippen LogP contribution is 2.26. The van der Waals surface area contributed by atoms with Crippen LogP contribution in [0.15, 0.2) is 49.3 Å². The Hall–Kier alpha value is -3.02. The van der Waals surface area contributed by atoms with Gasteiger partial charge in [0.25, 0.3) is 5.91 Å². The molecule has 0 atom stereocenters. The highest BCUT2D eigenvalue weighted by molar-refractivity contribution is 5.94. The highest BCUT2D eigenvalue weighted by atomic mass is 16.5. The molecule has 2 aromatic rings. The van der Waals surface area contributed by atoms with Crippen LogP contribution < -0.4 is 15.6 Å². The number of amides is 1. The van der Waals surface area contributed by atoms with Crippen molar-refractivity contribution in [3.05, 3.63) is 60.4 Å². The first-order valence-electron chi connectivity index (χ1n) is 6.14. The van der Waals surface area contributed by atoms with Gasteiger partial charge in [-0.05, 0) is 24.3 Å². The molecule has 3 N–H and O–H groups in total. The molecule has 0 aliphatic carbocycles. The molecule has 0 unspecified atom stereocenters. The molecule has 6 heteroatoms. The van der Waals surface area contributed by atoms with E-state index in [9.17, 15) is 9.90 Å². The number of pyridine rings is 1. The number of hydrogen-bond acceptors (Lipinski definition) is 5. The topological polar surface area (TPSA) is 83.5 Å². The second kappa shape index (κ2) is 6.42. The second-order valence-electron chi connectivity index (χ2n) is 4.18. The maximum Gasteiger partial charge on any atom is 0.271 e. The Balaban J connectivity index is 2.01. The quantitative estimate of drug-likeness (QED) is 0.728. The van der Waals surface area contributed by atoms with Crippen molar-refractivity contribution in [1.82, 2.24) is 15.8 Å². The van der Waals surface area contributed by atoms with Crippen molar-refractivity contribution in [3.63, 3.8) is 0 Å². The lowest BCUT2D eigenvalue weighted by Gasteiger charge is -2.13. The monoisotopic (exact) mass is 285 g/mol. The van der Waals surface area contributed by atoms with E-state index in [1.807, 2.05) is 0 Å². The number of hydrogen-bond donors (Lipinski definition) is 3. The Morgan fingerprint density at radius 1 is 1.33 bits per heavy atom. The summed E-state index contributed by atoms with van der Waals surface area (Å²) in [5.41, 5.74) is 6.36. The van der Waals surface area contributed by atoms with Gasteiger partial charge in [0.1, 0.15) is 11.5 Å². The molecule has 1 aromatic heterocycles. The van der Waals surface area contributed by atoms with Crippen molar-refractivity contribution in [1.29, 1.82) is 0 Å². The summed E-state index contributed by atoms with van der Waals surface area (Å²) >= 11 is 0. The average molecular weight is 285 g/mol. The normalized spacial score (nSPS) is 9.76. The highest BCUT2D eigenvalue weighted by Gasteiger charge is 2.09. The van der Waals surface area contributed by atoms with Crippen LogP contribution in [0.2, 0.25) is 0 Å². The van der Waals surface area contributed by atoms with Gasteiger partial charge in [-0.3, -0.25) is 20.6 Å². The third-order valence-electron chi connectivity index (χ3n) is 2.78. The number of aromatic hydroxyl groups is 1. The minimum Gasteiger partial charge on any atom is -0.507 e. The summed E-state index contributed by atoms with van der Waals surface area (Å²) in [6.45, 7) is 3.76. The summed E-state index contributed by atoms with van der Waals surface area (Å²) in [5, 5.41) is 9.87. The molecule has 0 spiro atoms. The van der Waals surface area contributed by atoms with Crippen molar-refractivity contribution in [2.75, 3.05) is 7.11 Å². The van der Waals surface area contributed by atoms with E-state index < -0.39 is 0 Å². The van der Waals surface area contributed by atoms with Crippen LogP contribution in [-0.2, 0) is 0 Å². The van der Waals surface area contributed by atoms with Gasteiger partial charge in [-0.15, -0.1) is 0 Å². The molecule has 21 heavy (non-hydrogen) atoms. The second-order valence-corrected chi connectivity index (χ2v) is 4.18. The number of phenolic OH excluding ortho intramolecular Hbond substituents is 1. The predicted molar refractivity (Wildman–Crippen MR) is 78.5 cm³/mol. The molecule has 2 rings (SSSR count). The molecule has 0 aliphatic rings. The lowest BCUT2D eigenvalue weighted by Crippen LogP contribution is -2.35. The van der Waals surface area contributed by atoms with E-state index in [0.717, 1.165) is 0 Å². The van der Waals surface area contributed by atoms with Crippen LogP contribution in [0.1, 0.15) is 15.9 Å². The minimum atomic E-state index is -0.350. The zero-order valence-electron chi connectivity index (χ0n) is 11.5. The maximum atomic E-state index is 11.8. The lowest BCUT2D eigenvalue weighted by atomic mass is 10.1. The van der Waals surface area contributed by atoms with Crippen LogP contribution in [0.4, 0.5) is 0 Å². The van der Waals surface area contributed by atoms with Crippen LogP contribution >= 0.6 is 0 Å². The van der Waals surface area contributed by atoms with Crippen molar-refractivity contribution in [2.45, 2.75) is 0 Å². The molecule has 1 amide bonds. The van der Waals surface area contributed by atoms with Crippen LogP contribution in [-0.4, -0.2) is 23.1 Å². The number of hydrazine groups is 1. The van der Waals surface area contributed by atoms with E-state index in [-0.39, 0.29) is 11.7 Å². The Kier molecular flexibility index (Phi) is 4.40. The van der Waals surface area contributed by atoms with Crippen LogP contribution in [0.5, 0.6) is 11.5 Å². The van der Waals surface area contributed by atoms with Crippen LogP contribution in [0.3, 0.4) is 0 Å². The van der Waals surface area contributed by atoms with Crippen molar-refractivity contribution in [2.24, 2.45) is 0 Å². The number of benzene rings is 1. The number of nitrogens with zero attached hydrogens (tertiary/aromatic N) is 1. The predicted octanol–water partition coefficient (Wildman–Crippen LogP) is 1.70. The molecule has 1 heterocycles. The van der Waals surface area contributed by atoms with Gasteiger partial charge in [0.15, 0.2) is 0 Å². The zero-order chi connectivity index (χ0) is 15.2. The van der Waals surface area contributed by atoms with Gasteiger partial charge in [0, 0.05) is 24.0 Å². The number of carbonyl (C=O) groups is 1. The van der Waals surface area contributed by atoms with E-state index in [0.29, 0.717) is 22.6 Å². The van der Waals surface area contributed by atoms with E-state index in [1.165, 1.54) is 19.4 Å². The molecule has 0 aliphatic heterocycles. The summed E-state index contributed by atoms with van der Waals surface area (Å²) < 4.78 is 5.00. The molecule has 1 aromatic carbocycles. The van der Waals surface area contributed by atoms with E-state index in [4.69, 9.17) is 4.74 Å². The minimum absolute atomic E-state index is 0.00229. The fourth-order valence-electron chi connectivity index (χ4n) is 1.66. The van der Waals surface area contributed by atoms with E-state index in [2.05, 4.69) is 22.4 Å². The number of carbonyl (C=O) groups excluding carboxylic acids is 1. The first kappa shape index (κ1) is 14.4. The third kappa shape index (κ3) is 3.50. The fraction of sp³-hybridized carbons (Fsp3) is 0.0667. The van der Waals surface area contributed by atoms with Crippen LogP contribution in [0.25, 0.3) is 5.70 Å². The summed E-state index contributed by atoms with van der Waals surface area (Å²) in [4.78, 5) is 15.7. The Morgan fingerprint density at radius 2 is 2.14 bits per heavy atom. The molecular weight excluding hydrogens is 270 g/mol. The maximum absolute atomic E-state index is 11.8. The molecule has 0 fully saturated rings. The first-order chi connectivity index (χ1) is 10.1. The van der Waals surface area contributed by atoms with Gasteiger partial charge < -0.3 is 9.84 Å². The van der Waals surface area contributed by atoms with Gasteiger partial charge in [0.05, 0.1) is 18.4 Å². The van der Waals surface area contributed by atoms with Gasteiger partial charge in [-0.25, -0.2) is 0 Å². The molecule has 0 bridgehead atoms. The smallest absolute Gasteiger partial charge is 0.271 e. The number of phenols is 1. The van der Waals surface area contributed by atoms with Gasteiger partial charge >= 0.3 is 0 Å². The summed E-state index contributed by atoms with van der Waals surface area (Å²) in [6.07, 6.45) is 3.03. The summed E-state index contributed by atoms with van der Waals surface area (Å²) in [5.74, 6) is 0.183. The molecule has 0 radical (unpaired) electrons. The average Bonchev–Trinajstić information content (AvgIpc) is 2.52. The Morgan fingerprint density at radius 3 is 2.76 bits per heavy atom. The molecular formula is C15H15N3O3. The number of methoxy groups -OCH3 is 1. The summed E-state index contributed by atoms with van der Waals surface area (Å²) in [6, 6.07) is 8.09.